The van der Waals surface area contributed by atoms with Crippen LogP contribution in [0.2, 0.25) is 0 Å². The van der Waals surface area contributed by atoms with Crippen molar-refractivity contribution in [2.75, 3.05) is 0 Å². The molecular weight excluding hydrogens is 220 g/mol. The summed E-state index contributed by atoms with van der Waals surface area (Å²) in [5.41, 5.74) is 0. The van der Waals surface area contributed by atoms with Gasteiger partial charge in [0, 0.05) is 0 Å². The zero-order valence-corrected chi connectivity index (χ0v) is 5.09. The molecule has 7 heavy (non-hydrogen) atoms. The molecule has 7 heteroatoms. The van der Waals surface area contributed by atoms with Crippen molar-refractivity contribution >= 4 is 10.4 Å². The molecule has 0 saturated carbocycles. The SMILES string of the molecule is O=S(=O)([O-])O.[H+].[O]=[Ag]. The Morgan fingerprint density at radius 2 is 1.57 bits per heavy atom. The van der Waals surface area contributed by atoms with Gasteiger partial charge in [-0.2, -0.15) is 0 Å². The standard InChI is InChI=1S/Ag.H2O4S.O/c;1-5(2,3)4;/h;(H2,1,2,3,4);. The molecule has 0 aliphatic heterocycles. The van der Waals surface area contributed by atoms with Gasteiger partial charge in [0.15, 0.2) is 0 Å². The second kappa shape index (κ2) is 4.57. The van der Waals surface area contributed by atoms with Crippen LogP contribution in [0.25, 0.3) is 0 Å². The van der Waals surface area contributed by atoms with Crippen LogP contribution in [-0.4, -0.2) is 17.5 Å². The van der Waals surface area contributed by atoms with E-state index in [1.807, 2.05) is 0 Å². The van der Waals surface area contributed by atoms with Crippen LogP contribution in [0.5, 0.6) is 0 Å². The van der Waals surface area contributed by atoms with Gasteiger partial charge in [-0.05, 0) is 0 Å². The van der Waals surface area contributed by atoms with Crippen LogP contribution in [0.3, 0.4) is 0 Å². The van der Waals surface area contributed by atoms with Gasteiger partial charge in [0.1, 0.15) is 0 Å². The Morgan fingerprint density at radius 3 is 1.57 bits per heavy atom. The van der Waals surface area contributed by atoms with Crippen LogP contribution in [0, 0.1) is 0 Å². The van der Waals surface area contributed by atoms with E-state index in [-0.39, 0.29) is 1.43 Å². The Labute approximate surface area is 54.0 Å². The third-order valence-corrected chi connectivity index (χ3v) is 0. The molecule has 0 unspecified atom stereocenters. The first kappa shape index (κ1) is 10.4. The maximum atomic E-state index is 8.63. The van der Waals surface area contributed by atoms with Crippen molar-refractivity contribution in [2.45, 2.75) is 0 Å². The Balaban J connectivity index is -0.0000000750. The van der Waals surface area contributed by atoms with Gasteiger partial charge in [0.2, 0.25) is 10.4 Å². The van der Waals surface area contributed by atoms with Gasteiger partial charge in [-0.25, -0.2) is 8.42 Å². The molecule has 0 bridgehead atoms. The third-order valence-electron chi connectivity index (χ3n) is 0. The predicted octanol–water partition coefficient (Wildman–Crippen LogP) is -1.00. The number of rotatable bonds is 0. The van der Waals surface area contributed by atoms with Crippen molar-refractivity contribution in [1.82, 2.24) is 0 Å². The van der Waals surface area contributed by atoms with Crippen molar-refractivity contribution in [2.24, 2.45) is 0 Å². The van der Waals surface area contributed by atoms with Crippen LogP contribution in [0.15, 0.2) is 0 Å². The Morgan fingerprint density at radius 1 is 1.57 bits per heavy atom. The van der Waals surface area contributed by atoms with Gasteiger partial charge < -0.3 is 4.55 Å². The topological polar surface area (TPSA) is 94.5 Å². The molecule has 0 rings (SSSR count). The van der Waals surface area contributed by atoms with E-state index in [2.05, 4.69) is 0 Å². The van der Waals surface area contributed by atoms with Crippen molar-refractivity contribution in [3.05, 3.63) is 0 Å². The molecule has 0 aromatic carbocycles. The molecule has 5 nitrogen and oxygen atoms in total. The molecule has 0 heterocycles. The molecular formula is H2AgO5S. The summed E-state index contributed by atoms with van der Waals surface area (Å²) in [6, 6.07) is 0. The van der Waals surface area contributed by atoms with Crippen LogP contribution < -0.4 is 0 Å². The summed E-state index contributed by atoms with van der Waals surface area (Å²) in [7, 11) is -4.92. The quantitative estimate of drug-likeness (QED) is 0.322. The second-order valence-corrected chi connectivity index (χ2v) is 1.28. The van der Waals surface area contributed by atoms with Crippen LogP contribution >= 0.6 is 0 Å². The molecule has 0 fully saturated rings. The molecule has 0 spiro atoms. The van der Waals surface area contributed by atoms with Gasteiger partial charge in [0.05, 0.1) is 0 Å². The summed E-state index contributed by atoms with van der Waals surface area (Å²) in [6.07, 6.45) is 0. The van der Waals surface area contributed by atoms with E-state index in [0.29, 0.717) is 0 Å². The first-order valence-electron chi connectivity index (χ1n) is 0.806. The molecule has 0 amide bonds. The summed E-state index contributed by atoms with van der Waals surface area (Å²) in [6.45, 7) is 0. The first-order chi connectivity index (χ1) is 3.00. The minimum absolute atomic E-state index is 0. The van der Waals surface area contributed by atoms with Crippen LogP contribution in [0.1, 0.15) is 1.43 Å². The normalized spacial score (nSPS) is 9.14. The monoisotopic (exact) mass is 221 g/mol. The molecule has 0 aromatic heterocycles. The average molecular weight is 222 g/mol. The fourth-order valence-corrected chi connectivity index (χ4v) is 0. The zero-order chi connectivity index (χ0) is 6.50. The second-order valence-electron chi connectivity index (χ2n) is 0.428. The van der Waals surface area contributed by atoms with Crippen molar-refractivity contribution in [1.29, 1.82) is 0 Å². The number of hydrogen-bond donors (Lipinski definition) is 1. The van der Waals surface area contributed by atoms with Gasteiger partial charge in [-0.1, -0.05) is 0 Å². The van der Waals surface area contributed by atoms with E-state index >= 15 is 0 Å². The molecule has 0 radical (unpaired) electrons. The first-order valence-corrected chi connectivity index (χ1v) is 2.78. The number of hydrogen-bond acceptors (Lipinski definition) is 4. The van der Waals surface area contributed by atoms with E-state index in [0.717, 1.165) is 0 Å². The summed E-state index contributed by atoms with van der Waals surface area (Å²) in [5, 5.41) is 0. The van der Waals surface area contributed by atoms with Crippen molar-refractivity contribution in [3.63, 3.8) is 0 Å². The molecule has 0 aliphatic carbocycles. The fourth-order valence-electron chi connectivity index (χ4n) is 0. The molecule has 49 valence electrons. The predicted molar refractivity (Wildman–Crippen MR) is 14.1 cm³/mol. The molecule has 1 N–H and O–H groups in total. The summed E-state index contributed by atoms with van der Waals surface area (Å²) in [4.78, 5) is 0. The maximum absolute atomic E-state index is 8.63. The Bertz CT molecular complexity index is 106. The van der Waals surface area contributed by atoms with Gasteiger partial charge in [-0.3, -0.25) is 4.55 Å². The third kappa shape index (κ3) is 741. The van der Waals surface area contributed by atoms with E-state index in [9.17, 15) is 0 Å². The summed E-state index contributed by atoms with van der Waals surface area (Å²) in [5.74, 6) is 0. The summed E-state index contributed by atoms with van der Waals surface area (Å²) >= 11 is 1.70. The van der Waals surface area contributed by atoms with Gasteiger partial charge >= 0.3 is 25.7 Å². The molecule has 0 atom stereocenters. The van der Waals surface area contributed by atoms with Gasteiger partial charge in [-0.15, -0.1) is 0 Å². The molecule has 0 saturated heterocycles. The molecule has 0 aliphatic rings. The Hall–Kier alpha value is 0.410. The summed E-state index contributed by atoms with van der Waals surface area (Å²) < 4.78 is 40.9. The van der Waals surface area contributed by atoms with Crippen LogP contribution in [0.4, 0.5) is 0 Å². The zero-order valence-electron chi connectivity index (χ0n) is 3.79. The van der Waals surface area contributed by atoms with Crippen molar-refractivity contribution < 1.29 is 43.2 Å². The average Bonchev–Trinajstić information content (AvgIpc) is 1.36. The fraction of sp³-hybridized carbons (Fsp3) is 0. The van der Waals surface area contributed by atoms with E-state index in [1.165, 1.54) is 0 Å². The minimum atomic E-state index is -4.92. The van der Waals surface area contributed by atoms with E-state index in [1.54, 1.807) is 21.0 Å². The van der Waals surface area contributed by atoms with E-state index in [4.69, 9.17) is 20.8 Å². The van der Waals surface area contributed by atoms with E-state index < -0.39 is 10.4 Å². The van der Waals surface area contributed by atoms with Crippen LogP contribution in [-0.2, 0) is 34.7 Å². The Kier molecular flexibility index (Phi) is 6.79. The van der Waals surface area contributed by atoms with Gasteiger partial charge in [0.25, 0.3) is 0 Å². The van der Waals surface area contributed by atoms with Crippen molar-refractivity contribution in [3.8, 4) is 0 Å². The molecule has 0 aromatic rings.